The van der Waals surface area contributed by atoms with Crippen molar-refractivity contribution in [1.29, 1.82) is 0 Å². The van der Waals surface area contributed by atoms with Crippen LogP contribution in [0, 0.1) is 19.8 Å². The molecule has 7 nitrogen and oxygen atoms in total. The second-order valence-corrected chi connectivity index (χ2v) is 8.83. The zero-order valence-electron chi connectivity index (χ0n) is 18.3. The molecule has 32 heavy (non-hydrogen) atoms. The maximum Gasteiger partial charge on any atom is 0.230 e. The highest BCUT2D eigenvalue weighted by atomic mass is 16.5. The second-order valence-electron chi connectivity index (χ2n) is 8.83. The van der Waals surface area contributed by atoms with Gasteiger partial charge in [-0.25, -0.2) is 0 Å². The molecule has 2 heterocycles. The molecule has 1 saturated heterocycles. The minimum Gasteiger partial charge on any atom is -0.339 e. The number of nitrogens with zero attached hydrogens (tertiary/aromatic N) is 3. The summed E-state index contributed by atoms with van der Waals surface area (Å²) in [6.45, 7) is 4.44. The van der Waals surface area contributed by atoms with E-state index in [1.807, 2.05) is 56.3 Å². The van der Waals surface area contributed by atoms with Crippen molar-refractivity contribution in [2.24, 2.45) is 5.92 Å². The normalized spacial score (nSPS) is 18.6. The molecule has 2 fully saturated rings. The van der Waals surface area contributed by atoms with Crippen LogP contribution in [-0.4, -0.2) is 28.5 Å². The van der Waals surface area contributed by atoms with Crippen LogP contribution in [0.1, 0.15) is 48.6 Å². The van der Waals surface area contributed by atoms with Gasteiger partial charge in [-0.2, -0.15) is 4.98 Å². The molecule has 0 radical (unpaired) electrons. The maximum absolute atomic E-state index is 12.9. The van der Waals surface area contributed by atoms with E-state index in [4.69, 9.17) is 4.52 Å². The summed E-state index contributed by atoms with van der Waals surface area (Å²) in [6, 6.07) is 13.4. The molecular formula is C25H26N4O3. The lowest BCUT2D eigenvalue weighted by molar-refractivity contribution is -0.122. The smallest absolute Gasteiger partial charge is 0.230 e. The summed E-state index contributed by atoms with van der Waals surface area (Å²) in [5, 5.41) is 7.06. The number of rotatable bonds is 5. The predicted octanol–water partition coefficient (Wildman–Crippen LogP) is 4.61. The number of benzene rings is 2. The van der Waals surface area contributed by atoms with Crippen molar-refractivity contribution in [3.63, 3.8) is 0 Å². The highest BCUT2D eigenvalue weighted by Gasteiger charge is 2.35. The van der Waals surface area contributed by atoms with Crippen LogP contribution in [0.2, 0.25) is 0 Å². The van der Waals surface area contributed by atoms with Gasteiger partial charge in [0.15, 0.2) is 0 Å². The summed E-state index contributed by atoms with van der Waals surface area (Å²) in [6.07, 6.45) is 3.59. The lowest BCUT2D eigenvalue weighted by atomic mass is 9.85. The summed E-state index contributed by atoms with van der Waals surface area (Å²) in [4.78, 5) is 31.7. The number of nitrogens with one attached hydrogen (secondary N) is 1. The Bertz CT molecular complexity index is 1180. The monoisotopic (exact) mass is 430 g/mol. The van der Waals surface area contributed by atoms with Gasteiger partial charge in [0.1, 0.15) is 0 Å². The first-order valence-corrected chi connectivity index (χ1v) is 11.1. The van der Waals surface area contributed by atoms with Gasteiger partial charge in [0, 0.05) is 35.8 Å². The van der Waals surface area contributed by atoms with Gasteiger partial charge in [-0.3, -0.25) is 9.59 Å². The molecule has 1 aromatic heterocycles. The van der Waals surface area contributed by atoms with Crippen LogP contribution in [0.3, 0.4) is 0 Å². The largest absolute Gasteiger partial charge is 0.339 e. The van der Waals surface area contributed by atoms with Gasteiger partial charge in [0.05, 0.1) is 5.92 Å². The van der Waals surface area contributed by atoms with E-state index < -0.39 is 5.92 Å². The predicted molar refractivity (Wildman–Crippen MR) is 121 cm³/mol. The first-order valence-electron chi connectivity index (χ1n) is 11.1. The molecule has 2 amide bonds. The molecule has 5 rings (SSSR count). The minimum atomic E-state index is -0.400. The Balaban J connectivity index is 1.27. The molecule has 1 N–H and O–H groups in total. The van der Waals surface area contributed by atoms with Crippen LogP contribution < -0.4 is 10.2 Å². The van der Waals surface area contributed by atoms with E-state index in [1.54, 1.807) is 4.90 Å². The molecule has 1 atom stereocenters. The quantitative estimate of drug-likeness (QED) is 0.638. The van der Waals surface area contributed by atoms with E-state index in [0.29, 0.717) is 29.9 Å². The lowest BCUT2D eigenvalue weighted by Crippen LogP contribution is -2.28. The molecule has 7 heteroatoms. The van der Waals surface area contributed by atoms with Crippen molar-refractivity contribution in [3.05, 3.63) is 59.5 Å². The van der Waals surface area contributed by atoms with E-state index in [-0.39, 0.29) is 18.2 Å². The van der Waals surface area contributed by atoms with Crippen molar-refractivity contribution in [2.75, 3.05) is 16.8 Å². The van der Waals surface area contributed by atoms with E-state index >= 15 is 0 Å². The van der Waals surface area contributed by atoms with Crippen molar-refractivity contribution >= 4 is 23.2 Å². The van der Waals surface area contributed by atoms with Gasteiger partial charge in [0.25, 0.3) is 0 Å². The molecule has 2 aromatic carbocycles. The van der Waals surface area contributed by atoms with Crippen LogP contribution in [0.5, 0.6) is 0 Å². The fourth-order valence-corrected chi connectivity index (χ4v) is 4.18. The van der Waals surface area contributed by atoms with Gasteiger partial charge in [-0.05, 0) is 62.1 Å². The number of aryl methyl sites for hydroxylation is 2. The number of carbonyl (C=O) groups is 2. The summed E-state index contributed by atoms with van der Waals surface area (Å²) >= 11 is 0. The third-order valence-electron chi connectivity index (χ3n) is 6.58. The van der Waals surface area contributed by atoms with Crippen LogP contribution >= 0.6 is 0 Å². The highest BCUT2D eigenvalue weighted by Crippen LogP contribution is 2.36. The lowest BCUT2D eigenvalue weighted by Gasteiger charge is -2.20. The van der Waals surface area contributed by atoms with Gasteiger partial charge >= 0.3 is 0 Å². The first kappa shape index (κ1) is 20.4. The molecular weight excluding hydrogens is 404 g/mol. The SMILES string of the molecule is Cc1ccc(N2C[C@@H](C(=O)Nc3cccc(-c4noc(C5CCC5)n4)c3)CC2=O)cc1C. The molecule has 0 spiro atoms. The molecule has 1 aliphatic carbocycles. The summed E-state index contributed by atoms with van der Waals surface area (Å²) in [5.41, 5.74) is 4.59. The summed E-state index contributed by atoms with van der Waals surface area (Å²) < 4.78 is 5.42. The van der Waals surface area contributed by atoms with E-state index in [9.17, 15) is 9.59 Å². The molecule has 0 bridgehead atoms. The Kier molecular flexibility index (Phi) is 5.25. The van der Waals surface area contributed by atoms with E-state index in [0.717, 1.165) is 29.7 Å². The Morgan fingerprint density at radius 1 is 1.12 bits per heavy atom. The Hall–Kier alpha value is -3.48. The molecule has 3 aromatic rings. The van der Waals surface area contributed by atoms with Crippen molar-refractivity contribution < 1.29 is 14.1 Å². The third kappa shape index (κ3) is 3.90. The number of hydrogen-bond donors (Lipinski definition) is 1. The zero-order valence-corrected chi connectivity index (χ0v) is 18.3. The summed E-state index contributed by atoms with van der Waals surface area (Å²) in [5.74, 6) is 1.00. The average molecular weight is 431 g/mol. The fourth-order valence-electron chi connectivity index (χ4n) is 4.18. The number of hydrogen-bond acceptors (Lipinski definition) is 5. The van der Waals surface area contributed by atoms with Crippen LogP contribution in [0.25, 0.3) is 11.4 Å². The molecule has 0 unspecified atom stereocenters. The van der Waals surface area contributed by atoms with Gasteiger partial charge in [-0.1, -0.05) is 29.8 Å². The van der Waals surface area contributed by atoms with Gasteiger partial charge < -0.3 is 14.7 Å². The van der Waals surface area contributed by atoms with Crippen LogP contribution in [-0.2, 0) is 9.59 Å². The van der Waals surface area contributed by atoms with Crippen molar-refractivity contribution in [3.8, 4) is 11.4 Å². The highest BCUT2D eigenvalue weighted by molar-refractivity contribution is 6.03. The third-order valence-corrected chi connectivity index (χ3v) is 6.58. The van der Waals surface area contributed by atoms with E-state index in [1.165, 1.54) is 12.0 Å². The topological polar surface area (TPSA) is 88.3 Å². The molecule has 1 saturated carbocycles. The average Bonchev–Trinajstić information content (AvgIpc) is 3.36. The second kappa shape index (κ2) is 8.22. The van der Waals surface area contributed by atoms with Crippen LogP contribution in [0.4, 0.5) is 11.4 Å². The van der Waals surface area contributed by atoms with Gasteiger partial charge in [-0.15, -0.1) is 0 Å². The molecule has 1 aliphatic heterocycles. The minimum absolute atomic E-state index is 0.0301. The Labute approximate surface area is 186 Å². The van der Waals surface area contributed by atoms with E-state index in [2.05, 4.69) is 15.5 Å². The summed E-state index contributed by atoms with van der Waals surface area (Å²) in [7, 11) is 0. The molecule has 2 aliphatic rings. The maximum atomic E-state index is 12.9. The Morgan fingerprint density at radius 2 is 1.97 bits per heavy atom. The zero-order chi connectivity index (χ0) is 22.2. The van der Waals surface area contributed by atoms with Crippen LogP contribution in [0.15, 0.2) is 47.0 Å². The first-order chi connectivity index (χ1) is 15.5. The number of aromatic nitrogens is 2. The number of carbonyl (C=O) groups excluding carboxylic acids is 2. The van der Waals surface area contributed by atoms with Crippen molar-refractivity contribution in [1.82, 2.24) is 10.1 Å². The standard InChI is InChI=1S/C25H26N4O3/c1-15-9-10-21(11-16(15)2)29-14-19(13-22(29)30)24(31)26-20-8-4-7-18(12-20)23-27-25(32-28-23)17-5-3-6-17/h4,7-12,17,19H,3,5-6,13-14H2,1-2H3,(H,26,31)/t19-/m0/s1. The Morgan fingerprint density at radius 3 is 2.72 bits per heavy atom. The fraction of sp³-hybridized carbons (Fsp3) is 0.360. The van der Waals surface area contributed by atoms with Crippen molar-refractivity contribution in [2.45, 2.75) is 45.4 Å². The number of amides is 2. The van der Waals surface area contributed by atoms with Gasteiger partial charge in [0.2, 0.25) is 23.5 Å². The molecule has 164 valence electrons. The number of anilines is 2.